The molecule has 0 saturated carbocycles. The van der Waals surface area contributed by atoms with Crippen molar-refractivity contribution in [3.05, 3.63) is 54.0 Å². The second-order valence-corrected chi connectivity index (χ2v) is 11.6. The molecule has 0 spiro atoms. The Morgan fingerprint density at radius 3 is 2.45 bits per heavy atom. The number of aryl methyl sites for hydroxylation is 1. The number of rotatable bonds is 9. The number of benzene rings is 1. The molecule has 2 aliphatic rings. The van der Waals surface area contributed by atoms with Crippen molar-refractivity contribution < 1.29 is 23.9 Å². The highest BCUT2D eigenvalue weighted by atomic mass is 16.5. The number of methoxy groups -OCH3 is 1. The number of likely N-dealkylation sites (tertiary alicyclic amines) is 1. The largest absolute Gasteiger partial charge is 0.493 e. The SMILES string of the molecule is COc1cc2c(NCC3CCN(c4ncc(C(=O)NO)cn4)CC3)cc(-c3ccc(C)o3)nc2cc1OC1CCN(C)CC1. The maximum absolute atomic E-state index is 11.6. The van der Waals surface area contributed by atoms with Gasteiger partial charge in [0.05, 0.1) is 18.2 Å². The summed E-state index contributed by atoms with van der Waals surface area (Å²) in [7, 11) is 3.82. The van der Waals surface area contributed by atoms with Crippen LogP contribution < -0.4 is 25.2 Å². The molecule has 12 nitrogen and oxygen atoms in total. The maximum Gasteiger partial charge on any atom is 0.277 e. The Bertz CT molecular complexity index is 1590. The minimum absolute atomic E-state index is 0.139. The van der Waals surface area contributed by atoms with Crippen molar-refractivity contribution in [2.24, 2.45) is 5.92 Å². The summed E-state index contributed by atoms with van der Waals surface area (Å²) in [5.74, 6) is 3.34. The molecule has 3 N–H and O–H groups in total. The van der Waals surface area contributed by atoms with Crippen molar-refractivity contribution in [2.75, 3.05) is 57.1 Å². The quantitative estimate of drug-likeness (QED) is 0.184. The molecule has 0 radical (unpaired) electrons. The molecule has 4 aromatic rings. The van der Waals surface area contributed by atoms with Crippen LogP contribution in [0.4, 0.5) is 11.6 Å². The van der Waals surface area contributed by atoms with Gasteiger partial charge >= 0.3 is 0 Å². The molecule has 12 heteroatoms. The van der Waals surface area contributed by atoms with E-state index in [2.05, 4.69) is 32.1 Å². The number of hydrogen-bond donors (Lipinski definition) is 3. The molecule has 5 heterocycles. The van der Waals surface area contributed by atoms with Crippen LogP contribution in [-0.4, -0.2) is 84.0 Å². The number of anilines is 2. The fourth-order valence-electron chi connectivity index (χ4n) is 5.87. The third-order valence-corrected chi connectivity index (χ3v) is 8.53. The van der Waals surface area contributed by atoms with Crippen LogP contribution in [0.2, 0.25) is 0 Å². The Morgan fingerprint density at radius 2 is 1.80 bits per heavy atom. The van der Waals surface area contributed by atoms with Gasteiger partial charge in [0.1, 0.15) is 17.6 Å². The number of carbonyl (C=O) groups excluding carboxylic acids is 1. The number of nitrogens with one attached hydrogen (secondary N) is 2. The number of nitrogens with zero attached hydrogens (tertiary/aromatic N) is 5. The highest BCUT2D eigenvalue weighted by Crippen LogP contribution is 2.38. The fraction of sp³-hybridized carbons (Fsp3) is 0.438. The van der Waals surface area contributed by atoms with Gasteiger partial charge in [-0.05, 0) is 69.8 Å². The van der Waals surface area contributed by atoms with Crippen LogP contribution in [-0.2, 0) is 0 Å². The van der Waals surface area contributed by atoms with Crippen molar-refractivity contribution in [1.29, 1.82) is 0 Å². The summed E-state index contributed by atoms with van der Waals surface area (Å²) in [4.78, 5) is 29.6. The van der Waals surface area contributed by atoms with Gasteiger partial charge in [-0.3, -0.25) is 10.0 Å². The second-order valence-electron chi connectivity index (χ2n) is 11.6. The first-order valence-corrected chi connectivity index (χ1v) is 15.1. The van der Waals surface area contributed by atoms with Gasteiger partial charge in [-0.2, -0.15) is 0 Å². The van der Waals surface area contributed by atoms with Crippen molar-refractivity contribution in [2.45, 2.75) is 38.7 Å². The summed E-state index contributed by atoms with van der Waals surface area (Å²) in [6.07, 6.45) is 6.85. The molecule has 1 amide bonds. The number of hydrogen-bond acceptors (Lipinski definition) is 11. The molecule has 2 aliphatic heterocycles. The van der Waals surface area contributed by atoms with Crippen molar-refractivity contribution in [3.8, 4) is 23.0 Å². The van der Waals surface area contributed by atoms with Crippen LogP contribution in [0.5, 0.6) is 11.5 Å². The van der Waals surface area contributed by atoms with Crippen LogP contribution in [0.1, 0.15) is 41.8 Å². The minimum atomic E-state index is -0.631. The van der Waals surface area contributed by atoms with Crippen molar-refractivity contribution in [3.63, 3.8) is 0 Å². The normalized spacial score (nSPS) is 16.7. The first kappa shape index (κ1) is 29.6. The summed E-state index contributed by atoms with van der Waals surface area (Å²) < 4.78 is 18.2. The summed E-state index contributed by atoms with van der Waals surface area (Å²) >= 11 is 0. The number of piperidine rings is 2. The number of aromatic nitrogens is 3. The molecule has 1 aromatic carbocycles. The number of hydroxylamine groups is 1. The molecule has 6 rings (SSSR count). The smallest absolute Gasteiger partial charge is 0.277 e. The van der Waals surface area contributed by atoms with Crippen LogP contribution in [0.25, 0.3) is 22.4 Å². The van der Waals surface area contributed by atoms with Crippen LogP contribution in [0.15, 0.2) is 47.1 Å². The minimum Gasteiger partial charge on any atom is -0.493 e. The zero-order valence-corrected chi connectivity index (χ0v) is 25.4. The third kappa shape index (κ3) is 6.56. The van der Waals surface area contributed by atoms with E-state index >= 15 is 0 Å². The second kappa shape index (κ2) is 13.1. The Kier molecular flexibility index (Phi) is 8.80. The Morgan fingerprint density at radius 1 is 1.05 bits per heavy atom. The molecule has 2 saturated heterocycles. The lowest BCUT2D eigenvalue weighted by atomic mass is 9.96. The zero-order chi connectivity index (χ0) is 30.6. The van der Waals surface area contributed by atoms with Gasteiger partial charge in [-0.25, -0.2) is 20.4 Å². The van der Waals surface area contributed by atoms with Gasteiger partial charge in [0.25, 0.3) is 5.91 Å². The predicted octanol–water partition coefficient (Wildman–Crippen LogP) is 4.52. The Hall–Kier alpha value is -4.42. The average Bonchev–Trinajstić information content (AvgIpc) is 3.50. The molecule has 2 fully saturated rings. The van der Waals surface area contributed by atoms with E-state index in [1.54, 1.807) is 12.6 Å². The van der Waals surface area contributed by atoms with E-state index in [0.29, 0.717) is 23.4 Å². The highest BCUT2D eigenvalue weighted by Gasteiger charge is 2.24. The van der Waals surface area contributed by atoms with Crippen LogP contribution in [0, 0.1) is 12.8 Å². The molecule has 0 aliphatic carbocycles. The lowest BCUT2D eigenvalue weighted by Crippen LogP contribution is -2.37. The zero-order valence-electron chi connectivity index (χ0n) is 25.4. The molecule has 3 aromatic heterocycles. The highest BCUT2D eigenvalue weighted by molar-refractivity contribution is 5.95. The van der Waals surface area contributed by atoms with Gasteiger partial charge in [0.2, 0.25) is 5.95 Å². The molecular formula is C32H39N7O5. The number of carbonyl (C=O) groups is 1. The first-order chi connectivity index (χ1) is 21.4. The van der Waals surface area contributed by atoms with E-state index in [4.69, 9.17) is 24.1 Å². The monoisotopic (exact) mass is 601 g/mol. The van der Waals surface area contributed by atoms with E-state index in [9.17, 15) is 4.79 Å². The van der Waals surface area contributed by atoms with Gasteiger partial charge in [-0.1, -0.05) is 0 Å². The summed E-state index contributed by atoms with van der Waals surface area (Å²) in [6, 6.07) is 9.96. The topological polar surface area (TPSA) is 138 Å². The number of amides is 1. The van der Waals surface area contributed by atoms with Gasteiger partial charge < -0.3 is 29.0 Å². The number of pyridine rings is 1. The third-order valence-electron chi connectivity index (χ3n) is 8.53. The van der Waals surface area contributed by atoms with E-state index in [1.165, 1.54) is 12.4 Å². The van der Waals surface area contributed by atoms with Gasteiger partial charge in [-0.15, -0.1) is 0 Å². The summed E-state index contributed by atoms with van der Waals surface area (Å²) in [6.45, 7) is 6.34. The Balaban J connectivity index is 1.20. The van der Waals surface area contributed by atoms with E-state index in [-0.39, 0.29) is 11.7 Å². The van der Waals surface area contributed by atoms with E-state index in [0.717, 1.165) is 92.2 Å². The van der Waals surface area contributed by atoms with Crippen LogP contribution in [0.3, 0.4) is 0 Å². The lowest BCUT2D eigenvalue weighted by molar-refractivity contribution is 0.0705. The van der Waals surface area contributed by atoms with Gasteiger partial charge in [0.15, 0.2) is 17.3 Å². The number of fused-ring (bicyclic) bond motifs is 1. The molecule has 0 bridgehead atoms. The molecule has 232 valence electrons. The number of furan rings is 1. The predicted molar refractivity (Wildman–Crippen MR) is 167 cm³/mol. The molecule has 0 unspecified atom stereocenters. The number of ether oxygens (including phenoxy) is 2. The summed E-state index contributed by atoms with van der Waals surface area (Å²) in [5, 5.41) is 13.5. The Labute approximate surface area is 256 Å². The van der Waals surface area contributed by atoms with Crippen LogP contribution >= 0.6 is 0 Å². The van der Waals surface area contributed by atoms with Crippen molar-refractivity contribution in [1.82, 2.24) is 25.3 Å². The first-order valence-electron chi connectivity index (χ1n) is 15.1. The lowest BCUT2D eigenvalue weighted by Gasteiger charge is -2.32. The van der Waals surface area contributed by atoms with E-state index < -0.39 is 5.91 Å². The van der Waals surface area contributed by atoms with Gasteiger partial charge in [0, 0.05) is 62.3 Å². The molecule has 0 atom stereocenters. The standard InChI is InChI=1S/C32H39N7O5/c1-20-4-5-28(43-20)27-15-25(24-14-29(42-3)30(16-26(24)36-27)44-23-8-10-38(2)11-9-23)33-17-21-6-12-39(13-7-21)32-34-18-22(19-35-32)31(40)37-41/h4-5,14-16,18-19,21,23,41H,6-13,17H2,1-3H3,(H,33,36)(H,37,40). The maximum atomic E-state index is 11.6. The molecular weight excluding hydrogens is 562 g/mol. The van der Waals surface area contributed by atoms with E-state index in [1.807, 2.05) is 37.3 Å². The summed E-state index contributed by atoms with van der Waals surface area (Å²) in [5.41, 5.74) is 4.35. The average molecular weight is 602 g/mol. The fourth-order valence-corrected chi connectivity index (χ4v) is 5.87. The molecule has 44 heavy (non-hydrogen) atoms. The van der Waals surface area contributed by atoms with Crippen molar-refractivity contribution >= 4 is 28.4 Å².